The van der Waals surface area contributed by atoms with Crippen LogP contribution in [-0.2, 0) is 4.79 Å². The third-order valence-corrected chi connectivity index (χ3v) is 7.69. The summed E-state index contributed by atoms with van der Waals surface area (Å²) >= 11 is 9.12. The van der Waals surface area contributed by atoms with Crippen LogP contribution in [0.1, 0.15) is 17.0 Å². The lowest BCUT2D eigenvalue weighted by molar-refractivity contribution is -0.134. The fourth-order valence-corrected chi connectivity index (χ4v) is 6.03. The lowest BCUT2D eigenvalue weighted by atomic mass is 9.85. The van der Waals surface area contributed by atoms with E-state index in [0.29, 0.717) is 10.1 Å². The second-order valence-corrected chi connectivity index (χ2v) is 9.62. The predicted octanol–water partition coefficient (Wildman–Crippen LogP) is 7.53. The molecule has 0 saturated carbocycles. The maximum atomic E-state index is 13.4. The van der Waals surface area contributed by atoms with Crippen molar-refractivity contribution in [3.8, 4) is 5.06 Å². The Bertz CT molecular complexity index is 1400. The Morgan fingerprint density at radius 1 is 0.906 bits per heavy atom. The standard InChI is InChI=1S/C25H15ClN2O2S2/c26-17-13-14-31-24(17)30-23(29)22-15-7-1-4-10-19(15)28(20-11-5-2-8-16(20)22)25-27-18-9-3-6-12-21(18)32-25/h1-14,22H. The number of carbonyl (C=O) groups is 1. The van der Waals surface area contributed by atoms with E-state index in [0.717, 1.165) is 37.8 Å². The Hall–Kier alpha value is -3.19. The predicted molar refractivity (Wildman–Crippen MR) is 131 cm³/mol. The largest absolute Gasteiger partial charge is 0.413 e. The fourth-order valence-electron chi connectivity index (χ4n) is 4.09. The number of carbonyl (C=O) groups excluding carboxylic acids is 1. The van der Waals surface area contributed by atoms with E-state index in [1.807, 2.05) is 72.1 Å². The Morgan fingerprint density at radius 3 is 2.22 bits per heavy atom. The molecule has 6 rings (SSSR count). The van der Waals surface area contributed by atoms with Gasteiger partial charge in [-0.15, -0.1) is 11.3 Å². The summed E-state index contributed by atoms with van der Waals surface area (Å²) in [7, 11) is 0. The quantitative estimate of drug-likeness (QED) is 0.253. The smallest absolute Gasteiger partial charge is 0.324 e. The fraction of sp³-hybridized carbons (Fsp3) is 0.0400. The molecular formula is C25H15ClN2O2S2. The SMILES string of the molecule is O=C(Oc1sccc1Cl)C1c2ccccc2N(c2nc3ccccc3s2)c2ccccc21. The summed E-state index contributed by atoms with van der Waals surface area (Å²) in [4.78, 5) is 20.4. The van der Waals surface area contributed by atoms with Crippen LogP contribution >= 0.6 is 34.3 Å². The number of nitrogens with zero attached hydrogens (tertiary/aromatic N) is 2. The molecule has 0 amide bonds. The van der Waals surface area contributed by atoms with Gasteiger partial charge in [0.15, 0.2) is 5.13 Å². The molecule has 3 heterocycles. The molecule has 5 aromatic rings. The van der Waals surface area contributed by atoms with E-state index in [9.17, 15) is 4.79 Å². The van der Waals surface area contributed by atoms with Gasteiger partial charge in [-0.2, -0.15) is 0 Å². The molecule has 0 aliphatic carbocycles. The van der Waals surface area contributed by atoms with Crippen LogP contribution in [0.4, 0.5) is 16.5 Å². The van der Waals surface area contributed by atoms with E-state index >= 15 is 0 Å². The molecule has 0 N–H and O–H groups in total. The highest BCUT2D eigenvalue weighted by atomic mass is 35.5. The minimum absolute atomic E-state index is 0.349. The third-order valence-electron chi connectivity index (χ3n) is 5.46. The molecule has 0 radical (unpaired) electrons. The third kappa shape index (κ3) is 3.11. The van der Waals surface area contributed by atoms with Gasteiger partial charge in [-0.25, -0.2) is 4.98 Å². The minimum Gasteiger partial charge on any atom is -0.413 e. The maximum Gasteiger partial charge on any atom is 0.324 e. The van der Waals surface area contributed by atoms with Crippen LogP contribution in [0.2, 0.25) is 5.02 Å². The maximum absolute atomic E-state index is 13.4. The number of ether oxygens (including phenoxy) is 1. The van der Waals surface area contributed by atoms with Gasteiger partial charge in [0.1, 0.15) is 5.92 Å². The van der Waals surface area contributed by atoms with Gasteiger partial charge >= 0.3 is 5.97 Å². The van der Waals surface area contributed by atoms with Crippen molar-refractivity contribution in [1.29, 1.82) is 0 Å². The van der Waals surface area contributed by atoms with Gasteiger partial charge in [-0.1, -0.05) is 71.5 Å². The van der Waals surface area contributed by atoms with E-state index in [1.54, 1.807) is 17.4 Å². The topological polar surface area (TPSA) is 42.4 Å². The van der Waals surface area contributed by atoms with Crippen molar-refractivity contribution in [2.75, 3.05) is 4.90 Å². The van der Waals surface area contributed by atoms with Crippen LogP contribution < -0.4 is 9.64 Å². The van der Waals surface area contributed by atoms with Crippen molar-refractivity contribution in [1.82, 2.24) is 4.98 Å². The first-order valence-electron chi connectivity index (χ1n) is 9.99. The van der Waals surface area contributed by atoms with Gasteiger partial charge in [0.05, 0.1) is 26.6 Å². The van der Waals surface area contributed by atoms with Crippen LogP contribution in [0.5, 0.6) is 5.06 Å². The second-order valence-electron chi connectivity index (χ2n) is 7.33. The Kier molecular flexibility index (Phi) is 4.72. The first-order chi connectivity index (χ1) is 15.7. The van der Waals surface area contributed by atoms with Gasteiger partial charge in [0.25, 0.3) is 0 Å². The van der Waals surface area contributed by atoms with Gasteiger partial charge < -0.3 is 4.74 Å². The molecule has 0 unspecified atom stereocenters. The van der Waals surface area contributed by atoms with Crippen molar-refractivity contribution in [2.24, 2.45) is 0 Å². The number of esters is 1. The van der Waals surface area contributed by atoms with Crippen molar-refractivity contribution >= 4 is 67.0 Å². The zero-order valence-corrected chi connectivity index (χ0v) is 19.0. The van der Waals surface area contributed by atoms with E-state index in [2.05, 4.69) is 11.0 Å². The van der Waals surface area contributed by atoms with Crippen molar-refractivity contribution in [2.45, 2.75) is 5.92 Å². The van der Waals surface area contributed by atoms with Crippen molar-refractivity contribution < 1.29 is 9.53 Å². The summed E-state index contributed by atoms with van der Waals surface area (Å²) in [6.45, 7) is 0. The first kappa shape index (κ1) is 19.5. The molecular weight excluding hydrogens is 460 g/mol. The minimum atomic E-state index is -0.564. The van der Waals surface area contributed by atoms with Crippen LogP contribution in [0.15, 0.2) is 84.2 Å². The highest BCUT2D eigenvalue weighted by Gasteiger charge is 2.37. The average Bonchev–Trinajstić information content (AvgIpc) is 3.42. The molecule has 0 spiro atoms. The van der Waals surface area contributed by atoms with Gasteiger partial charge in [-0.3, -0.25) is 9.69 Å². The van der Waals surface area contributed by atoms with Crippen molar-refractivity contribution in [3.05, 3.63) is 100 Å². The number of aromatic nitrogens is 1. The molecule has 0 bridgehead atoms. The van der Waals surface area contributed by atoms with Crippen LogP contribution in [0.25, 0.3) is 10.2 Å². The van der Waals surface area contributed by atoms with E-state index in [4.69, 9.17) is 21.3 Å². The average molecular weight is 475 g/mol. The zero-order chi connectivity index (χ0) is 21.7. The number of halogens is 1. The molecule has 2 aromatic heterocycles. The first-order valence-corrected chi connectivity index (χ1v) is 12.1. The monoisotopic (exact) mass is 474 g/mol. The highest BCUT2D eigenvalue weighted by Crippen LogP contribution is 2.50. The summed E-state index contributed by atoms with van der Waals surface area (Å²) < 4.78 is 6.86. The van der Waals surface area contributed by atoms with E-state index in [1.165, 1.54) is 11.3 Å². The number of anilines is 3. The molecule has 3 aromatic carbocycles. The second kappa shape index (κ2) is 7.74. The molecule has 0 fully saturated rings. The van der Waals surface area contributed by atoms with Crippen LogP contribution in [0, 0.1) is 0 Å². The normalized spacial score (nSPS) is 13.1. The summed E-state index contributed by atoms with van der Waals surface area (Å²) in [6.07, 6.45) is 0. The Labute approximate surface area is 197 Å². The number of thiophene rings is 1. The number of benzene rings is 3. The molecule has 4 nitrogen and oxygen atoms in total. The molecule has 1 aliphatic rings. The number of thiazole rings is 1. The lowest BCUT2D eigenvalue weighted by Crippen LogP contribution is -2.28. The molecule has 1 aliphatic heterocycles. The summed E-state index contributed by atoms with van der Waals surface area (Å²) in [5.41, 5.74) is 4.55. The Balaban J connectivity index is 1.52. The highest BCUT2D eigenvalue weighted by molar-refractivity contribution is 7.22. The summed E-state index contributed by atoms with van der Waals surface area (Å²) in [6, 6.07) is 25.7. The van der Waals surface area contributed by atoms with Gasteiger partial charge in [-0.05, 0) is 46.8 Å². The molecule has 0 saturated heterocycles. The van der Waals surface area contributed by atoms with Crippen LogP contribution in [-0.4, -0.2) is 11.0 Å². The summed E-state index contributed by atoms with van der Waals surface area (Å²) in [5.74, 6) is -0.913. The van der Waals surface area contributed by atoms with E-state index in [-0.39, 0.29) is 5.97 Å². The summed E-state index contributed by atoms with van der Waals surface area (Å²) in [5, 5.41) is 3.53. The molecule has 156 valence electrons. The van der Waals surface area contributed by atoms with E-state index < -0.39 is 5.92 Å². The zero-order valence-electron chi connectivity index (χ0n) is 16.6. The van der Waals surface area contributed by atoms with Gasteiger partial charge in [0.2, 0.25) is 5.06 Å². The lowest BCUT2D eigenvalue weighted by Gasteiger charge is -2.35. The number of hydrogen-bond donors (Lipinski definition) is 0. The molecule has 32 heavy (non-hydrogen) atoms. The van der Waals surface area contributed by atoms with Crippen molar-refractivity contribution in [3.63, 3.8) is 0 Å². The van der Waals surface area contributed by atoms with Crippen LogP contribution in [0.3, 0.4) is 0 Å². The van der Waals surface area contributed by atoms with Gasteiger partial charge in [0, 0.05) is 0 Å². The molecule has 7 heteroatoms. The number of hydrogen-bond acceptors (Lipinski definition) is 6. The number of para-hydroxylation sites is 3. The number of rotatable bonds is 3. The Morgan fingerprint density at radius 2 is 1.56 bits per heavy atom. The number of fused-ring (bicyclic) bond motifs is 3. The molecule has 0 atom stereocenters.